The summed E-state index contributed by atoms with van der Waals surface area (Å²) < 4.78 is 68.3. The van der Waals surface area contributed by atoms with Gasteiger partial charge in [-0.2, -0.15) is 0 Å². The number of nitrogens with zero attached hydrogens (tertiary/aromatic N) is 2. The molecule has 1 N–H and O–H groups in total. The molecule has 178 valence electrons. The van der Waals surface area contributed by atoms with E-state index in [2.05, 4.69) is 5.32 Å². The van der Waals surface area contributed by atoms with E-state index in [0.717, 1.165) is 17.7 Å². The highest BCUT2D eigenvalue weighted by atomic mass is 19.2. The van der Waals surface area contributed by atoms with Gasteiger partial charge in [0.2, 0.25) is 5.91 Å². The molecule has 1 atom stereocenters. The van der Waals surface area contributed by atoms with Crippen molar-refractivity contribution in [3.8, 4) is 0 Å². The van der Waals surface area contributed by atoms with E-state index in [4.69, 9.17) is 0 Å². The second kappa shape index (κ2) is 9.28. The minimum atomic E-state index is -1.12. The zero-order chi connectivity index (χ0) is 24.6. The smallest absolute Gasteiger partial charge is 0.324 e. The van der Waals surface area contributed by atoms with Gasteiger partial charge in [0.15, 0.2) is 0 Å². The SMILES string of the molecule is CN1CC2=CCC(C(=O)NCc3c(F)cc(F)cc3F)C=C2N(Cc2ccc(F)cc2F)C1=O. The Morgan fingerprint density at radius 1 is 1.03 bits per heavy atom. The van der Waals surface area contributed by atoms with Crippen LogP contribution in [0.2, 0.25) is 0 Å². The summed E-state index contributed by atoms with van der Waals surface area (Å²) >= 11 is 0. The zero-order valence-electron chi connectivity index (χ0n) is 18.0. The Kier molecular flexibility index (Phi) is 6.41. The Morgan fingerprint density at radius 2 is 1.71 bits per heavy atom. The fourth-order valence-electron chi connectivity index (χ4n) is 3.98. The van der Waals surface area contributed by atoms with Crippen LogP contribution in [0.15, 0.2) is 53.8 Å². The molecule has 1 saturated heterocycles. The number of rotatable bonds is 5. The molecule has 1 aliphatic heterocycles. The second-order valence-electron chi connectivity index (χ2n) is 8.15. The van der Waals surface area contributed by atoms with Crippen LogP contribution >= 0.6 is 0 Å². The number of amides is 3. The number of benzene rings is 2. The average molecular weight is 477 g/mol. The molecule has 0 saturated carbocycles. The van der Waals surface area contributed by atoms with Gasteiger partial charge in [0.1, 0.15) is 29.1 Å². The number of carbonyl (C=O) groups is 2. The number of hydrogen-bond acceptors (Lipinski definition) is 2. The van der Waals surface area contributed by atoms with Crippen molar-refractivity contribution < 1.29 is 31.5 Å². The minimum Gasteiger partial charge on any atom is -0.351 e. The van der Waals surface area contributed by atoms with Gasteiger partial charge < -0.3 is 10.2 Å². The number of likely N-dealkylation sites (N-methyl/N-ethyl adjacent to an activating group) is 1. The van der Waals surface area contributed by atoms with Crippen LogP contribution in [-0.4, -0.2) is 35.3 Å². The van der Waals surface area contributed by atoms with Gasteiger partial charge in [0, 0.05) is 55.2 Å². The maximum absolute atomic E-state index is 14.2. The number of allylic oxidation sites excluding steroid dienone is 1. The van der Waals surface area contributed by atoms with Gasteiger partial charge in [-0.3, -0.25) is 9.69 Å². The van der Waals surface area contributed by atoms with Crippen LogP contribution in [0.25, 0.3) is 0 Å². The van der Waals surface area contributed by atoms with Crippen molar-refractivity contribution in [2.75, 3.05) is 13.6 Å². The molecular formula is C24H20F5N3O2. The molecule has 4 rings (SSSR count). The molecule has 1 unspecified atom stereocenters. The number of nitrogens with one attached hydrogen (secondary N) is 1. The first kappa shape index (κ1) is 23.5. The molecule has 1 fully saturated rings. The maximum Gasteiger partial charge on any atom is 0.324 e. The summed E-state index contributed by atoms with van der Waals surface area (Å²) in [6, 6.07) is 3.69. The lowest BCUT2D eigenvalue weighted by molar-refractivity contribution is -0.123. The molecule has 1 aliphatic carbocycles. The van der Waals surface area contributed by atoms with E-state index in [1.807, 2.05) is 0 Å². The summed E-state index contributed by atoms with van der Waals surface area (Å²) in [6.07, 6.45) is 3.60. The van der Waals surface area contributed by atoms with Gasteiger partial charge in [0.05, 0.1) is 12.5 Å². The molecule has 3 amide bonds. The summed E-state index contributed by atoms with van der Waals surface area (Å²) in [5.41, 5.74) is 0.790. The predicted octanol–water partition coefficient (Wildman–Crippen LogP) is 4.40. The molecule has 5 nitrogen and oxygen atoms in total. The van der Waals surface area contributed by atoms with Crippen molar-refractivity contribution in [1.82, 2.24) is 15.1 Å². The fraction of sp³-hybridized carbons (Fsp3) is 0.250. The number of halogens is 5. The van der Waals surface area contributed by atoms with E-state index in [1.165, 1.54) is 15.9 Å². The van der Waals surface area contributed by atoms with E-state index in [0.29, 0.717) is 17.8 Å². The molecule has 34 heavy (non-hydrogen) atoms. The van der Waals surface area contributed by atoms with Crippen molar-refractivity contribution in [2.24, 2.45) is 5.92 Å². The summed E-state index contributed by atoms with van der Waals surface area (Å²) in [7, 11) is 1.58. The summed E-state index contributed by atoms with van der Waals surface area (Å²) in [5.74, 6) is -6.16. The van der Waals surface area contributed by atoms with Crippen molar-refractivity contribution in [3.63, 3.8) is 0 Å². The molecule has 0 spiro atoms. The number of fused-ring (bicyclic) bond motifs is 1. The molecule has 0 bridgehead atoms. The van der Waals surface area contributed by atoms with Crippen molar-refractivity contribution in [1.29, 1.82) is 0 Å². The highest BCUT2D eigenvalue weighted by Gasteiger charge is 2.34. The first-order valence-electron chi connectivity index (χ1n) is 10.4. The molecule has 10 heteroatoms. The maximum atomic E-state index is 14.2. The van der Waals surface area contributed by atoms with Crippen LogP contribution in [0, 0.1) is 35.0 Å². The normalized spacial score (nSPS) is 17.8. The lowest BCUT2D eigenvalue weighted by Gasteiger charge is -2.39. The molecule has 2 aromatic carbocycles. The molecule has 0 radical (unpaired) electrons. The Labute approximate surface area is 192 Å². The summed E-state index contributed by atoms with van der Waals surface area (Å²) in [5, 5.41) is 2.43. The third-order valence-corrected chi connectivity index (χ3v) is 5.79. The van der Waals surface area contributed by atoms with Crippen LogP contribution in [0.3, 0.4) is 0 Å². The minimum absolute atomic E-state index is 0.0964. The second-order valence-corrected chi connectivity index (χ2v) is 8.15. The molecule has 1 heterocycles. The summed E-state index contributed by atoms with van der Waals surface area (Å²) in [6.45, 7) is -0.384. The third-order valence-electron chi connectivity index (χ3n) is 5.79. The van der Waals surface area contributed by atoms with Crippen LogP contribution in [0.5, 0.6) is 0 Å². The average Bonchev–Trinajstić information content (AvgIpc) is 2.77. The van der Waals surface area contributed by atoms with E-state index in [-0.39, 0.29) is 25.1 Å². The van der Waals surface area contributed by atoms with Crippen LogP contribution < -0.4 is 5.32 Å². The highest BCUT2D eigenvalue weighted by Crippen LogP contribution is 2.32. The summed E-state index contributed by atoms with van der Waals surface area (Å²) in [4.78, 5) is 28.3. The van der Waals surface area contributed by atoms with E-state index in [1.54, 1.807) is 19.2 Å². The Balaban J connectivity index is 1.55. The predicted molar refractivity (Wildman–Crippen MR) is 112 cm³/mol. The van der Waals surface area contributed by atoms with Crippen molar-refractivity contribution >= 4 is 11.9 Å². The standard InChI is InChI=1S/C24H20F5N3O2/c1-31-11-15-3-2-13(23(33)30-10-18-20(28)8-17(26)9-21(18)29)6-22(15)32(24(31)34)12-14-4-5-16(25)7-19(14)27/h3-9,13H,2,10-12H2,1H3,(H,30,33). The molecule has 2 aliphatic rings. The van der Waals surface area contributed by atoms with Gasteiger partial charge in [-0.25, -0.2) is 26.7 Å². The quantitative estimate of drug-likeness (QED) is 0.650. The van der Waals surface area contributed by atoms with Crippen LogP contribution in [-0.2, 0) is 17.9 Å². The first-order chi connectivity index (χ1) is 16.1. The van der Waals surface area contributed by atoms with Crippen LogP contribution in [0.4, 0.5) is 26.7 Å². The highest BCUT2D eigenvalue weighted by molar-refractivity contribution is 5.84. The molecular weight excluding hydrogens is 457 g/mol. The number of urea groups is 1. The van der Waals surface area contributed by atoms with Gasteiger partial charge in [-0.05, 0) is 24.1 Å². The molecule has 0 aromatic heterocycles. The Bertz CT molecular complexity index is 1200. The van der Waals surface area contributed by atoms with E-state index in [9.17, 15) is 31.5 Å². The lowest BCUT2D eigenvalue weighted by Crippen LogP contribution is -2.48. The largest absolute Gasteiger partial charge is 0.351 e. The Hall–Kier alpha value is -3.69. The zero-order valence-corrected chi connectivity index (χ0v) is 18.0. The van der Waals surface area contributed by atoms with Crippen LogP contribution in [0.1, 0.15) is 17.5 Å². The topological polar surface area (TPSA) is 52.7 Å². The third kappa shape index (κ3) is 4.66. The van der Waals surface area contributed by atoms with Crippen molar-refractivity contribution in [2.45, 2.75) is 19.5 Å². The van der Waals surface area contributed by atoms with Crippen molar-refractivity contribution in [3.05, 3.63) is 94.0 Å². The first-order valence-corrected chi connectivity index (χ1v) is 10.4. The van der Waals surface area contributed by atoms with E-state index >= 15 is 0 Å². The fourth-order valence-corrected chi connectivity index (χ4v) is 3.98. The van der Waals surface area contributed by atoms with Gasteiger partial charge >= 0.3 is 6.03 Å². The van der Waals surface area contributed by atoms with Gasteiger partial charge in [-0.1, -0.05) is 12.1 Å². The van der Waals surface area contributed by atoms with E-state index < -0.39 is 59.1 Å². The van der Waals surface area contributed by atoms with Gasteiger partial charge in [-0.15, -0.1) is 0 Å². The number of carbonyl (C=O) groups excluding carboxylic acids is 2. The monoisotopic (exact) mass is 477 g/mol. The Morgan fingerprint density at radius 3 is 2.38 bits per heavy atom. The molecule has 2 aromatic rings. The number of hydrogen-bond donors (Lipinski definition) is 1. The van der Waals surface area contributed by atoms with Gasteiger partial charge in [0.25, 0.3) is 0 Å². The lowest BCUT2D eigenvalue weighted by atomic mass is 9.91.